The molecule has 15 heavy (non-hydrogen) atoms. The predicted molar refractivity (Wildman–Crippen MR) is 64.5 cm³/mol. The summed E-state index contributed by atoms with van der Waals surface area (Å²) in [6.45, 7) is 0. The lowest BCUT2D eigenvalue weighted by Gasteiger charge is -2.15. The van der Waals surface area contributed by atoms with Gasteiger partial charge in [0.15, 0.2) is 0 Å². The van der Waals surface area contributed by atoms with E-state index in [1.165, 1.54) is 37.7 Å². The van der Waals surface area contributed by atoms with E-state index in [0.29, 0.717) is 5.92 Å². The minimum Gasteiger partial charge on any atom is -0.0996 e. The maximum Gasteiger partial charge on any atom is 0.0340 e. The van der Waals surface area contributed by atoms with E-state index >= 15 is 0 Å². The summed E-state index contributed by atoms with van der Waals surface area (Å²) in [4.78, 5) is 0. The molecule has 1 aliphatic rings. The van der Waals surface area contributed by atoms with Crippen molar-refractivity contribution in [2.24, 2.45) is 5.92 Å². The van der Waals surface area contributed by atoms with Crippen molar-refractivity contribution in [3.05, 3.63) is 35.9 Å². The highest BCUT2D eigenvalue weighted by molar-refractivity contribution is 5.21. The number of hydrogen-bond donors (Lipinski definition) is 0. The maximum absolute atomic E-state index is 3.42. The summed E-state index contributed by atoms with van der Waals surface area (Å²) in [5.41, 5.74) is 1.33. The average molecular weight is 198 g/mol. The van der Waals surface area contributed by atoms with Gasteiger partial charge in [0.25, 0.3) is 0 Å². The zero-order valence-corrected chi connectivity index (χ0v) is 9.21. The molecule has 1 aromatic rings. The summed E-state index contributed by atoms with van der Waals surface area (Å²) in [6, 6.07) is 10.5. The first-order valence-electron chi connectivity index (χ1n) is 5.97. The smallest absolute Gasteiger partial charge is 0.0340 e. The molecular formula is C15H18. The molecule has 0 nitrogen and oxygen atoms in total. The van der Waals surface area contributed by atoms with E-state index < -0.39 is 0 Å². The van der Waals surface area contributed by atoms with Crippen molar-refractivity contribution >= 4 is 0 Å². The van der Waals surface area contributed by atoms with Gasteiger partial charge in [-0.2, -0.15) is 0 Å². The average Bonchev–Trinajstić information content (AvgIpc) is 2.32. The zero-order chi connectivity index (χ0) is 10.3. The van der Waals surface area contributed by atoms with Crippen LogP contribution in [0.25, 0.3) is 0 Å². The fraction of sp³-hybridized carbons (Fsp3) is 0.467. The molecule has 0 aliphatic heterocycles. The molecule has 0 radical (unpaired) electrons. The molecule has 2 rings (SSSR count). The maximum atomic E-state index is 3.42. The van der Waals surface area contributed by atoms with Gasteiger partial charge in [-0.1, -0.05) is 61.4 Å². The highest BCUT2D eigenvalue weighted by atomic mass is 14.1. The summed E-state index contributed by atoms with van der Waals surface area (Å²) in [6.07, 6.45) is 7.73. The molecule has 0 aromatic heterocycles. The largest absolute Gasteiger partial charge is 0.0996 e. The Bertz CT molecular complexity index is 333. The summed E-state index contributed by atoms with van der Waals surface area (Å²) in [7, 11) is 0. The van der Waals surface area contributed by atoms with Gasteiger partial charge in [-0.05, 0) is 18.4 Å². The Morgan fingerprint density at radius 1 is 1.00 bits per heavy atom. The molecule has 0 N–H and O–H groups in total. The van der Waals surface area contributed by atoms with E-state index in [1.807, 2.05) is 0 Å². The Hall–Kier alpha value is -1.22. The molecule has 0 spiro atoms. The van der Waals surface area contributed by atoms with Crippen molar-refractivity contribution in [2.75, 3.05) is 0 Å². The lowest BCUT2D eigenvalue weighted by Crippen LogP contribution is -2.03. The van der Waals surface area contributed by atoms with Crippen LogP contribution in [-0.2, 0) is 6.42 Å². The van der Waals surface area contributed by atoms with Gasteiger partial charge in [0.1, 0.15) is 0 Å². The fourth-order valence-corrected chi connectivity index (χ4v) is 2.14. The third-order valence-corrected chi connectivity index (χ3v) is 3.05. The van der Waals surface area contributed by atoms with Crippen LogP contribution in [0.4, 0.5) is 0 Å². The monoisotopic (exact) mass is 198 g/mol. The molecule has 1 saturated carbocycles. The quantitative estimate of drug-likeness (QED) is 0.602. The summed E-state index contributed by atoms with van der Waals surface area (Å²) < 4.78 is 0. The second-order valence-corrected chi connectivity index (χ2v) is 4.32. The lowest BCUT2D eigenvalue weighted by atomic mass is 9.90. The molecule has 78 valence electrons. The summed E-state index contributed by atoms with van der Waals surface area (Å²) in [5.74, 6) is 7.42. The van der Waals surface area contributed by atoms with E-state index in [2.05, 4.69) is 42.2 Å². The first kappa shape index (κ1) is 10.3. The number of rotatable bonds is 1. The van der Waals surface area contributed by atoms with Crippen molar-refractivity contribution in [2.45, 2.75) is 38.5 Å². The van der Waals surface area contributed by atoms with Crippen molar-refractivity contribution in [1.29, 1.82) is 0 Å². The zero-order valence-electron chi connectivity index (χ0n) is 9.21. The van der Waals surface area contributed by atoms with Crippen LogP contribution in [0, 0.1) is 17.8 Å². The van der Waals surface area contributed by atoms with E-state index in [-0.39, 0.29) is 0 Å². The second-order valence-electron chi connectivity index (χ2n) is 4.32. The van der Waals surface area contributed by atoms with Gasteiger partial charge in [-0.15, -0.1) is 0 Å². The Labute approximate surface area is 92.7 Å². The number of hydrogen-bond acceptors (Lipinski definition) is 0. The molecule has 1 aliphatic carbocycles. The Morgan fingerprint density at radius 2 is 1.73 bits per heavy atom. The highest BCUT2D eigenvalue weighted by Crippen LogP contribution is 2.22. The minimum atomic E-state index is 0.683. The first-order valence-corrected chi connectivity index (χ1v) is 5.97. The summed E-state index contributed by atoms with van der Waals surface area (Å²) in [5, 5.41) is 0. The normalized spacial score (nSPS) is 16.8. The topological polar surface area (TPSA) is 0 Å². The minimum absolute atomic E-state index is 0.683. The van der Waals surface area contributed by atoms with Gasteiger partial charge in [-0.25, -0.2) is 0 Å². The van der Waals surface area contributed by atoms with Gasteiger partial charge in [0.2, 0.25) is 0 Å². The molecule has 0 atom stereocenters. The van der Waals surface area contributed by atoms with E-state index in [1.54, 1.807) is 0 Å². The van der Waals surface area contributed by atoms with Gasteiger partial charge in [0, 0.05) is 12.3 Å². The fourth-order valence-electron chi connectivity index (χ4n) is 2.14. The first-order chi connectivity index (χ1) is 7.45. The molecular weight excluding hydrogens is 180 g/mol. The molecule has 0 heterocycles. The van der Waals surface area contributed by atoms with Crippen LogP contribution in [-0.4, -0.2) is 0 Å². The molecule has 0 amide bonds. The molecule has 1 aromatic carbocycles. The van der Waals surface area contributed by atoms with Crippen molar-refractivity contribution in [1.82, 2.24) is 0 Å². The van der Waals surface area contributed by atoms with Gasteiger partial charge >= 0.3 is 0 Å². The van der Waals surface area contributed by atoms with Crippen LogP contribution in [0.5, 0.6) is 0 Å². The van der Waals surface area contributed by atoms with Crippen molar-refractivity contribution < 1.29 is 0 Å². The Kier molecular flexibility index (Phi) is 3.85. The van der Waals surface area contributed by atoms with E-state index in [4.69, 9.17) is 0 Å². The SMILES string of the molecule is C(#CC1CCCCC1)Cc1ccccc1. The van der Waals surface area contributed by atoms with E-state index in [0.717, 1.165) is 6.42 Å². The van der Waals surface area contributed by atoms with Crippen molar-refractivity contribution in [3.8, 4) is 11.8 Å². The Balaban J connectivity index is 1.84. The highest BCUT2D eigenvalue weighted by Gasteiger charge is 2.09. The van der Waals surface area contributed by atoms with Crippen LogP contribution in [0.15, 0.2) is 30.3 Å². The van der Waals surface area contributed by atoms with Crippen molar-refractivity contribution in [3.63, 3.8) is 0 Å². The lowest BCUT2D eigenvalue weighted by molar-refractivity contribution is 0.430. The van der Waals surface area contributed by atoms with Crippen LogP contribution >= 0.6 is 0 Å². The van der Waals surface area contributed by atoms with Gasteiger partial charge < -0.3 is 0 Å². The van der Waals surface area contributed by atoms with Crippen LogP contribution < -0.4 is 0 Å². The third-order valence-electron chi connectivity index (χ3n) is 3.05. The molecule has 0 heteroatoms. The summed E-state index contributed by atoms with van der Waals surface area (Å²) >= 11 is 0. The number of benzene rings is 1. The van der Waals surface area contributed by atoms with E-state index in [9.17, 15) is 0 Å². The second kappa shape index (κ2) is 5.61. The third kappa shape index (κ3) is 3.44. The van der Waals surface area contributed by atoms with Crippen LogP contribution in [0.2, 0.25) is 0 Å². The van der Waals surface area contributed by atoms with Crippen LogP contribution in [0.1, 0.15) is 37.7 Å². The molecule has 0 bridgehead atoms. The standard InChI is InChI=1S/C15H18/c1-3-8-14(9-4-1)12-7-13-15-10-5-2-6-11-15/h1,3-4,8-9,15H,2,5-6,10-12H2. The van der Waals surface area contributed by atoms with Gasteiger partial charge in [0.05, 0.1) is 0 Å². The molecule has 0 saturated heterocycles. The molecule has 1 fully saturated rings. The molecule has 0 unspecified atom stereocenters. The predicted octanol–water partition coefficient (Wildman–Crippen LogP) is 3.81. The van der Waals surface area contributed by atoms with Crippen LogP contribution in [0.3, 0.4) is 0 Å². The van der Waals surface area contributed by atoms with Gasteiger partial charge in [-0.3, -0.25) is 0 Å². The Morgan fingerprint density at radius 3 is 2.47 bits per heavy atom.